The maximum absolute atomic E-state index is 13.0. The number of aryl methyl sites for hydroxylation is 8. The zero-order chi connectivity index (χ0) is 57.1. The van der Waals surface area contributed by atoms with Crippen LogP contribution in [0.15, 0.2) is 152 Å². The molecule has 0 atom stereocenters. The molecule has 0 unspecified atom stereocenters. The molecule has 6 heterocycles. The van der Waals surface area contributed by atoms with Gasteiger partial charge in [0.15, 0.2) is 0 Å². The van der Waals surface area contributed by atoms with Gasteiger partial charge >= 0.3 is 11.9 Å². The van der Waals surface area contributed by atoms with E-state index in [1.165, 1.54) is 11.3 Å². The van der Waals surface area contributed by atoms with Crippen molar-refractivity contribution in [1.29, 1.82) is 0 Å². The maximum Gasteiger partial charge on any atom is 0.352 e. The van der Waals surface area contributed by atoms with E-state index in [1.807, 2.05) is 78.1 Å². The van der Waals surface area contributed by atoms with Crippen LogP contribution in [0, 0.1) is 13.8 Å². The number of hydrogen-bond donors (Lipinski definition) is 2. The van der Waals surface area contributed by atoms with Crippen molar-refractivity contribution < 1.29 is 29.3 Å². The van der Waals surface area contributed by atoms with Crippen molar-refractivity contribution >= 4 is 61.1 Å². The third kappa shape index (κ3) is 10.6. The van der Waals surface area contributed by atoms with Gasteiger partial charge in [-0.05, 0) is 111 Å². The van der Waals surface area contributed by atoms with Crippen molar-refractivity contribution in [1.82, 2.24) is 28.7 Å². The van der Waals surface area contributed by atoms with E-state index in [4.69, 9.17) is 19.7 Å². The van der Waals surface area contributed by atoms with Crippen LogP contribution in [0.5, 0.6) is 11.5 Å². The summed E-state index contributed by atoms with van der Waals surface area (Å²) in [6.07, 6.45) is 8.54. The number of rotatable bonds is 14. The van der Waals surface area contributed by atoms with Crippen LogP contribution in [0.2, 0.25) is 0 Å². The van der Waals surface area contributed by atoms with Crippen molar-refractivity contribution in [3.05, 3.63) is 197 Å². The van der Waals surface area contributed by atoms with E-state index in [0.717, 1.165) is 163 Å². The predicted molar refractivity (Wildman–Crippen MR) is 331 cm³/mol. The van der Waals surface area contributed by atoms with E-state index < -0.39 is 11.9 Å². The van der Waals surface area contributed by atoms with Gasteiger partial charge < -0.3 is 33.7 Å². The first-order valence-corrected chi connectivity index (χ1v) is 29.4. The summed E-state index contributed by atoms with van der Waals surface area (Å²) in [5, 5.41) is 37.2. The van der Waals surface area contributed by atoms with Crippen molar-refractivity contribution in [2.75, 3.05) is 24.7 Å². The number of ether oxygens (including phenoxy) is 2. The fraction of sp³-hybridized carbons (Fsp3) is 0.286. The largest absolute Gasteiger partial charge is 0.493 e. The summed E-state index contributed by atoms with van der Waals surface area (Å²) >= 11 is 0. The number of carboxylic acids is 2. The molecule has 7 aromatic carbocycles. The molecule has 13 heteroatoms. The monoisotopic (exact) mass is 1110 g/mol. The number of hydrogen-bond acceptors (Lipinski definition) is 7. The Morgan fingerprint density at radius 3 is 1.55 bits per heavy atom. The van der Waals surface area contributed by atoms with Gasteiger partial charge in [-0.1, -0.05) is 146 Å². The van der Waals surface area contributed by atoms with E-state index in [9.17, 15) is 19.8 Å². The molecule has 0 saturated carbocycles. The standard InChI is InChI=1S/C38H38N4O3.C32H33N3O3/c1-26-34-32-19-11-18-30-31(20-12-24-45-33-21-10-16-28-15-6-7-17-29(28)33)36(38(43)44)42(35(30)32)23-9-8-22-41(37(34)40(2)39-26)25-27-13-4-3-5-14-27;1-21-29-26-15-9-14-24-25(16-10-20-38-28-18-8-12-22-11-5-6-13-23(22)28)31(32(36)37)35(30(24)26)19-7-3-4-17-27(29)34(2)33-21/h3-7,10-11,13-19,21H,8-9,12,20,22-25H2,1-2H3,(H,43,44);5-6,8-9,11-15,18H,3-4,7,10,16-17,19-20H2,1-2H3,(H,36,37). The minimum absolute atomic E-state index is 0.396. The highest BCUT2D eigenvalue weighted by molar-refractivity contribution is 6.06. The van der Waals surface area contributed by atoms with Gasteiger partial charge in [-0.3, -0.25) is 9.36 Å². The van der Waals surface area contributed by atoms with Gasteiger partial charge in [-0.15, -0.1) is 0 Å². The van der Waals surface area contributed by atoms with Crippen molar-refractivity contribution in [2.24, 2.45) is 14.1 Å². The summed E-state index contributed by atoms with van der Waals surface area (Å²) < 4.78 is 20.6. The average molecular weight is 1110 g/mol. The van der Waals surface area contributed by atoms with E-state index in [0.29, 0.717) is 57.0 Å². The lowest BCUT2D eigenvalue weighted by atomic mass is 9.96. The SMILES string of the molecule is Cc1nn(C)c2c1-c1cccc3c(CCCOc4cccc5ccccc45)c(C(=O)O)n(c13)CCCCC2.Cc1nn(C)c2c1-c1cccc3c(CCCOc4cccc5ccccc45)c(C(=O)O)n(c13)CCCCN2Cc1ccccc1. The number of anilines is 1. The first kappa shape index (κ1) is 54.5. The highest BCUT2D eigenvalue weighted by atomic mass is 16.5. The number of aromatic carboxylic acids is 2. The van der Waals surface area contributed by atoms with Crippen LogP contribution in [0.4, 0.5) is 5.82 Å². The number of para-hydroxylation sites is 2. The van der Waals surface area contributed by atoms with Gasteiger partial charge in [0.05, 0.1) is 35.6 Å². The summed E-state index contributed by atoms with van der Waals surface area (Å²) in [4.78, 5) is 28.1. The van der Waals surface area contributed by atoms with Crippen molar-refractivity contribution in [3.8, 4) is 33.8 Å². The number of carboxylic acid groups (broad SMARTS) is 2. The number of nitrogens with zero attached hydrogens (tertiary/aromatic N) is 7. The molecule has 13 nitrogen and oxygen atoms in total. The molecule has 0 bridgehead atoms. The number of fused-ring (bicyclic) bond motifs is 6. The topological polar surface area (TPSA) is 142 Å². The Morgan fingerprint density at radius 2 is 0.976 bits per heavy atom. The first-order valence-electron chi connectivity index (χ1n) is 29.4. The van der Waals surface area contributed by atoms with Crippen LogP contribution in [0.3, 0.4) is 0 Å². The molecule has 0 fully saturated rings. The maximum atomic E-state index is 13.0. The quantitative estimate of drug-likeness (QED) is 0.102. The van der Waals surface area contributed by atoms with Crippen molar-refractivity contribution in [3.63, 3.8) is 0 Å². The van der Waals surface area contributed by atoms with Crippen LogP contribution in [-0.4, -0.2) is 70.6 Å². The molecule has 0 saturated heterocycles. The molecular weight excluding hydrogens is 1030 g/mol. The molecule has 0 radical (unpaired) electrons. The van der Waals surface area contributed by atoms with E-state index in [2.05, 4.69) is 125 Å². The fourth-order valence-electron chi connectivity index (χ4n) is 13.4. The normalized spacial score (nSPS) is 13.4. The van der Waals surface area contributed by atoms with Crippen LogP contribution in [-0.2, 0) is 53.0 Å². The molecule has 0 aliphatic carbocycles. The molecule has 4 aromatic heterocycles. The highest BCUT2D eigenvalue weighted by Gasteiger charge is 2.31. The molecule has 2 aliphatic rings. The second kappa shape index (κ2) is 23.8. The molecule has 2 aliphatic heterocycles. The Morgan fingerprint density at radius 1 is 0.506 bits per heavy atom. The lowest BCUT2D eigenvalue weighted by Crippen LogP contribution is -2.27. The second-order valence-electron chi connectivity index (χ2n) is 22.2. The molecule has 0 spiro atoms. The minimum Gasteiger partial charge on any atom is -0.493 e. The van der Waals surface area contributed by atoms with Gasteiger partial charge in [0, 0.05) is 89.8 Å². The molecule has 83 heavy (non-hydrogen) atoms. The van der Waals surface area contributed by atoms with Gasteiger partial charge in [0.2, 0.25) is 0 Å². The molecule has 0 amide bonds. The zero-order valence-electron chi connectivity index (χ0n) is 47.9. The molecule has 13 rings (SSSR count). The Bertz CT molecular complexity index is 4190. The number of benzene rings is 7. The third-order valence-electron chi connectivity index (χ3n) is 16.9. The second-order valence-corrected chi connectivity index (χ2v) is 22.2. The smallest absolute Gasteiger partial charge is 0.352 e. The van der Waals surface area contributed by atoms with Gasteiger partial charge in [-0.25, -0.2) is 9.59 Å². The van der Waals surface area contributed by atoms with Crippen LogP contribution in [0.1, 0.15) is 99.7 Å². The van der Waals surface area contributed by atoms with Crippen LogP contribution < -0.4 is 14.4 Å². The van der Waals surface area contributed by atoms with Gasteiger partial charge in [0.25, 0.3) is 0 Å². The average Bonchev–Trinajstić information content (AvgIpc) is 2.93. The van der Waals surface area contributed by atoms with Crippen LogP contribution in [0.25, 0.3) is 65.6 Å². The van der Waals surface area contributed by atoms with Crippen molar-refractivity contribution in [2.45, 2.75) is 97.7 Å². The molecule has 2 N–H and O–H groups in total. The Balaban J connectivity index is 0.000000166. The summed E-state index contributed by atoms with van der Waals surface area (Å²) in [7, 11) is 4.03. The van der Waals surface area contributed by atoms with E-state index in [1.54, 1.807) is 0 Å². The lowest BCUT2D eigenvalue weighted by molar-refractivity contribution is 0.0673. The van der Waals surface area contributed by atoms with Gasteiger partial charge in [0.1, 0.15) is 28.7 Å². The van der Waals surface area contributed by atoms with Gasteiger partial charge in [-0.2, -0.15) is 10.2 Å². The Kier molecular flexibility index (Phi) is 15.6. The minimum atomic E-state index is -0.881. The predicted octanol–water partition coefficient (Wildman–Crippen LogP) is 15.0. The zero-order valence-corrected chi connectivity index (χ0v) is 47.9. The summed E-state index contributed by atoms with van der Waals surface area (Å²) in [5.74, 6) is 1.05. The van der Waals surface area contributed by atoms with E-state index in [-0.39, 0.29) is 0 Å². The summed E-state index contributed by atoms with van der Waals surface area (Å²) in [5.41, 5.74) is 13.4. The molecule has 422 valence electrons. The lowest BCUT2D eigenvalue weighted by Gasteiger charge is -2.28. The summed E-state index contributed by atoms with van der Waals surface area (Å²) in [6, 6.07) is 51.7. The Hall–Kier alpha value is -9.10. The van der Waals surface area contributed by atoms with Crippen LogP contribution >= 0.6 is 0 Å². The third-order valence-corrected chi connectivity index (χ3v) is 16.9. The first-order chi connectivity index (χ1) is 40.5. The molecule has 11 aromatic rings. The fourth-order valence-corrected chi connectivity index (χ4v) is 13.4. The number of carbonyl (C=O) groups is 2. The highest BCUT2D eigenvalue weighted by Crippen LogP contribution is 2.43. The number of aromatic nitrogens is 6. The summed E-state index contributed by atoms with van der Waals surface area (Å²) in [6.45, 7) is 8.12. The molecular formula is C70H71N7O6. The van der Waals surface area contributed by atoms with E-state index >= 15 is 0 Å². The Labute approximate surface area is 483 Å².